The Morgan fingerprint density at radius 1 is 1.24 bits per heavy atom. The number of hydrogen-bond acceptors (Lipinski definition) is 5. The maximum atomic E-state index is 14.1. The number of ether oxygens (including phenoxy) is 1. The van der Waals surface area contributed by atoms with Crippen molar-refractivity contribution >= 4 is 33.0 Å². The zero-order chi connectivity index (χ0) is 18.0. The minimum Gasteiger partial charge on any atom is -0.465 e. The Kier molecular flexibility index (Phi) is 4.60. The highest BCUT2D eigenvalue weighted by atomic mass is 32.2. The van der Waals surface area contributed by atoms with Crippen LogP contribution in [-0.2, 0) is 14.8 Å². The Hall–Kier alpha value is -2.65. The average Bonchev–Trinajstić information content (AvgIpc) is 3.27. The van der Waals surface area contributed by atoms with E-state index in [0.717, 1.165) is 18.4 Å². The van der Waals surface area contributed by atoms with Crippen LogP contribution in [0.15, 0.2) is 59.1 Å². The first kappa shape index (κ1) is 17.2. The van der Waals surface area contributed by atoms with E-state index in [1.54, 1.807) is 29.1 Å². The molecule has 0 bridgehead atoms. The molecule has 0 aliphatic carbocycles. The first-order valence-electron chi connectivity index (χ1n) is 7.04. The molecule has 0 saturated heterocycles. The molecule has 1 aromatic carbocycles. The average molecular weight is 380 g/mol. The third-order valence-corrected chi connectivity index (χ3v) is 5.82. The lowest BCUT2D eigenvalue weighted by Crippen LogP contribution is -2.16. The lowest BCUT2D eigenvalue weighted by molar-refractivity contribution is 0.0602. The normalized spacial score (nSPS) is 11.3. The van der Waals surface area contributed by atoms with Crippen LogP contribution in [0, 0.1) is 5.82 Å². The van der Waals surface area contributed by atoms with E-state index in [1.807, 2.05) is 0 Å². The number of aromatic nitrogens is 1. The number of nitrogens with one attached hydrogen (secondary N) is 1. The summed E-state index contributed by atoms with van der Waals surface area (Å²) >= 11 is 0.933. The van der Waals surface area contributed by atoms with Crippen LogP contribution >= 0.6 is 11.3 Å². The molecule has 0 unspecified atom stereocenters. The molecule has 0 aliphatic heterocycles. The molecule has 0 saturated carbocycles. The Morgan fingerprint density at radius 3 is 2.64 bits per heavy atom. The number of benzene rings is 1. The van der Waals surface area contributed by atoms with Gasteiger partial charge in [-0.25, -0.2) is 17.6 Å². The van der Waals surface area contributed by atoms with E-state index in [1.165, 1.54) is 29.6 Å². The second kappa shape index (κ2) is 6.69. The van der Waals surface area contributed by atoms with Crippen LogP contribution in [0.4, 0.5) is 10.1 Å². The van der Waals surface area contributed by atoms with Crippen molar-refractivity contribution in [3.63, 3.8) is 0 Å². The molecule has 0 spiro atoms. The summed E-state index contributed by atoms with van der Waals surface area (Å²) in [5.74, 6) is -1.49. The van der Waals surface area contributed by atoms with Crippen molar-refractivity contribution in [1.29, 1.82) is 0 Å². The minimum atomic E-state index is -4.15. The number of rotatable bonds is 5. The van der Waals surface area contributed by atoms with Gasteiger partial charge in [0.25, 0.3) is 10.0 Å². The molecular weight excluding hydrogens is 367 g/mol. The van der Waals surface area contributed by atoms with Gasteiger partial charge in [-0.05, 0) is 41.8 Å². The van der Waals surface area contributed by atoms with Gasteiger partial charge in [-0.3, -0.25) is 4.72 Å². The van der Waals surface area contributed by atoms with E-state index in [-0.39, 0.29) is 15.5 Å². The molecule has 3 aromatic rings. The highest BCUT2D eigenvalue weighted by Gasteiger charge is 2.25. The Morgan fingerprint density at radius 2 is 1.96 bits per heavy atom. The molecule has 6 nitrogen and oxygen atoms in total. The monoisotopic (exact) mass is 380 g/mol. The summed E-state index contributed by atoms with van der Waals surface area (Å²) < 4.78 is 47.7. The maximum absolute atomic E-state index is 14.1. The van der Waals surface area contributed by atoms with E-state index < -0.39 is 21.8 Å². The number of esters is 1. The van der Waals surface area contributed by atoms with Crippen LogP contribution in [0.2, 0.25) is 0 Å². The van der Waals surface area contributed by atoms with Crippen LogP contribution in [0.1, 0.15) is 9.67 Å². The summed E-state index contributed by atoms with van der Waals surface area (Å²) in [6.07, 6.45) is 3.50. The van der Waals surface area contributed by atoms with Crippen LogP contribution in [-0.4, -0.2) is 26.1 Å². The molecular formula is C16H13FN2O4S2. The predicted octanol–water partition coefficient (Wildman–Crippen LogP) is 3.27. The second-order valence-corrected chi connectivity index (χ2v) is 7.53. The number of carbonyl (C=O) groups excluding carboxylic acids is 1. The Labute approximate surface area is 147 Å². The van der Waals surface area contributed by atoms with E-state index in [9.17, 15) is 17.6 Å². The van der Waals surface area contributed by atoms with E-state index in [4.69, 9.17) is 0 Å². The van der Waals surface area contributed by atoms with Gasteiger partial charge >= 0.3 is 5.97 Å². The van der Waals surface area contributed by atoms with Crippen LogP contribution in [0.25, 0.3) is 5.69 Å². The Bertz CT molecular complexity index is 1010. The summed E-state index contributed by atoms with van der Waals surface area (Å²) in [7, 11) is -2.99. The summed E-state index contributed by atoms with van der Waals surface area (Å²) in [6, 6.07) is 8.92. The maximum Gasteiger partial charge on any atom is 0.349 e. The predicted molar refractivity (Wildman–Crippen MR) is 92.2 cm³/mol. The van der Waals surface area contributed by atoms with Gasteiger partial charge in [0.15, 0.2) is 0 Å². The van der Waals surface area contributed by atoms with Gasteiger partial charge < -0.3 is 9.30 Å². The molecule has 3 rings (SSSR count). The molecule has 0 amide bonds. The minimum absolute atomic E-state index is 0.0722. The zero-order valence-corrected chi connectivity index (χ0v) is 14.6. The number of methoxy groups -OCH3 is 1. The van der Waals surface area contributed by atoms with Crippen LogP contribution in [0.3, 0.4) is 0 Å². The first-order chi connectivity index (χ1) is 11.9. The van der Waals surface area contributed by atoms with Gasteiger partial charge in [0.2, 0.25) is 0 Å². The molecule has 0 fully saturated rings. The quantitative estimate of drug-likeness (QED) is 0.689. The number of sulfonamides is 1. The van der Waals surface area contributed by atoms with Crippen molar-refractivity contribution in [2.45, 2.75) is 4.90 Å². The van der Waals surface area contributed by atoms with Crippen molar-refractivity contribution in [2.75, 3.05) is 11.8 Å². The van der Waals surface area contributed by atoms with Crippen molar-refractivity contribution in [2.24, 2.45) is 0 Å². The summed E-state index contributed by atoms with van der Waals surface area (Å²) in [4.78, 5) is 11.4. The number of anilines is 1. The van der Waals surface area contributed by atoms with E-state index >= 15 is 0 Å². The number of hydrogen-bond donors (Lipinski definition) is 1. The zero-order valence-electron chi connectivity index (χ0n) is 13.0. The van der Waals surface area contributed by atoms with Gasteiger partial charge in [0, 0.05) is 18.1 Å². The van der Waals surface area contributed by atoms with Gasteiger partial charge in [-0.1, -0.05) is 0 Å². The second-order valence-electron chi connectivity index (χ2n) is 4.97. The van der Waals surface area contributed by atoms with E-state index in [0.29, 0.717) is 5.69 Å². The summed E-state index contributed by atoms with van der Waals surface area (Å²) in [5.41, 5.74) is 0.371. The van der Waals surface area contributed by atoms with Crippen molar-refractivity contribution in [3.05, 3.63) is 64.9 Å². The largest absolute Gasteiger partial charge is 0.465 e. The van der Waals surface area contributed by atoms with E-state index in [2.05, 4.69) is 9.46 Å². The standard InChI is InChI=1S/C16H13FN2O4S2/c1-23-16(20)15-14(6-9-24-15)25(21,22)18-13-10-11(4-5-12(13)17)19-7-2-3-8-19/h2-10,18H,1H3. The fourth-order valence-corrected chi connectivity index (χ4v) is 4.60. The molecule has 130 valence electrons. The molecule has 2 aromatic heterocycles. The van der Waals surface area contributed by atoms with Crippen molar-refractivity contribution < 1.29 is 22.3 Å². The number of carbonyl (C=O) groups is 1. The fraction of sp³-hybridized carbons (Fsp3) is 0.0625. The highest BCUT2D eigenvalue weighted by molar-refractivity contribution is 7.93. The van der Waals surface area contributed by atoms with Gasteiger partial charge in [0.1, 0.15) is 15.6 Å². The van der Waals surface area contributed by atoms with Gasteiger partial charge in [-0.15, -0.1) is 11.3 Å². The van der Waals surface area contributed by atoms with Gasteiger partial charge in [-0.2, -0.15) is 0 Å². The first-order valence-corrected chi connectivity index (χ1v) is 9.40. The van der Waals surface area contributed by atoms with Crippen LogP contribution < -0.4 is 4.72 Å². The van der Waals surface area contributed by atoms with Crippen molar-refractivity contribution in [1.82, 2.24) is 4.57 Å². The molecule has 0 radical (unpaired) electrons. The van der Waals surface area contributed by atoms with Gasteiger partial charge in [0.05, 0.1) is 12.8 Å². The molecule has 25 heavy (non-hydrogen) atoms. The summed E-state index contributed by atoms with van der Waals surface area (Å²) in [5, 5.41) is 1.45. The van der Waals surface area contributed by atoms with Crippen LogP contribution in [0.5, 0.6) is 0 Å². The molecule has 2 heterocycles. The third kappa shape index (κ3) is 3.42. The lowest BCUT2D eigenvalue weighted by Gasteiger charge is -2.11. The smallest absolute Gasteiger partial charge is 0.349 e. The lowest BCUT2D eigenvalue weighted by atomic mass is 10.2. The van der Waals surface area contributed by atoms with Crippen molar-refractivity contribution in [3.8, 4) is 5.69 Å². The number of nitrogens with zero attached hydrogens (tertiary/aromatic N) is 1. The topological polar surface area (TPSA) is 77.4 Å². The molecule has 0 aliphatic rings. The SMILES string of the molecule is COC(=O)c1sccc1S(=O)(=O)Nc1cc(-n2cccc2)ccc1F. The number of thiophene rings is 1. The molecule has 1 N–H and O–H groups in total. The summed E-state index contributed by atoms with van der Waals surface area (Å²) in [6.45, 7) is 0. The fourth-order valence-electron chi connectivity index (χ4n) is 2.21. The highest BCUT2D eigenvalue weighted by Crippen LogP contribution is 2.27. The third-order valence-electron chi connectivity index (χ3n) is 3.39. The number of halogens is 1. The molecule has 0 atom stereocenters. The Balaban J connectivity index is 1.98. The molecule has 9 heteroatoms.